The van der Waals surface area contributed by atoms with Crippen LogP contribution in [0.2, 0.25) is 0 Å². The molecule has 1 unspecified atom stereocenters. The number of halogens is 1. The van der Waals surface area contributed by atoms with Gasteiger partial charge >= 0.3 is 6.03 Å². The van der Waals surface area contributed by atoms with Gasteiger partial charge in [0.05, 0.1) is 6.04 Å². The molecular formula is C24H24FN3O3. The van der Waals surface area contributed by atoms with Crippen LogP contribution >= 0.6 is 0 Å². The van der Waals surface area contributed by atoms with Crippen molar-refractivity contribution in [1.82, 2.24) is 10.6 Å². The first-order chi connectivity index (χ1) is 15.1. The largest absolute Gasteiger partial charge is 0.488 e. The number of rotatable bonds is 9. The van der Waals surface area contributed by atoms with Gasteiger partial charge in [0.2, 0.25) is 5.91 Å². The van der Waals surface area contributed by atoms with Gasteiger partial charge < -0.3 is 20.7 Å². The highest BCUT2D eigenvalue weighted by Gasteiger charge is 2.16. The minimum absolute atomic E-state index is 0.0681. The number of amides is 3. The van der Waals surface area contributed by atoms with Crippen molar-refractivity contribution < 1.29 is 18.7 Å². The van der Waals surface area contributed by atoms with Crippen LogP contribution in [0, 0.1) is 5.82 Å². The van der Waals surface area contributed by atoms with Gasteiger partial charge in [0.15, 0.2) is 11.6 Å². The summed E-state index contributed by atoms with van der Waals surface area (Å²) < 4.78 is 19.4. The average Bonchev–Trinajstić information content (AvgIpc) is 2.79. The third-order valence-corrected chi connectivity index (χ3v) is 4.45. The third-order valence-electron chi connectivity index (χ3n) is 4.45. The van der Waals surface area contributed by atoms with E-state index in [-0.39, 0.29) is 37.3 Å². The molecule has 1 atom stereocenters. The molecule has 0 aliphatic carbocycles. The van der Waals surface area contributed by atoms with Crippen LogP contribution in [-0.4, -0.2) is 25.1 Å². The Hall–Kier alpha value is -3.87. The summed E-state index contributed by atoms with van der Waals surface area (Å²) in [5.74, 6) is -0.600. The summed E-state index contributed by atoms with van der Waals surface area (Å²) in [7, 11) is 0. The quantitative estimate of drug-likeness (QED) is 0.483. The summed E-state index contributed by atoms with van der Waals surface area (Å²) in [5, 5.41) is 8.23. The summed E-state index contributed by atoms with van der Waals surface area (Å²) >= 11 is 0. The number of para-hydroxylation sites is 2. The number of anilines is 1. The second kappa shape index (κ2) is 11.3. The van der Waals surface area contributed by atoms with Crippen LogP contribution in [0.25, 0.3) is 0 Å². The summed E-state index contributed by atoms with van der Waals surface area (Å²) in [5.41, 5.74) is 1.50. The first kappa shape index (κ1) is 21.8. The molecule has 0 heterocycles. The van der Waals surface area contributed by atoms with Gasteiger partial charge in [0.25, 0.3) is 0 Å². The summed E-state index contributed by atoms with van der Waals surface area (Å²) in [6, 6.07) is 23.6. The van der Waals surface area contributed by atoms with E-state index in [1.165, 1.54) is 12.1 Å². The highest BCUT2D eigenvalue weighted by molar-refractivity contribution is 5.89. The Balaban J connectivity index is 1.51. The van der Waals surface area contributed by atoms with Gasteiger partial charge in [-0.15, -0.1) is 0 Å². The standard InChI is InChI=1S/C24H24FN3O3/c25-20-13-7-8-14-22(20)31-17-21(18-9-3-1-4-10-18)28-23(29)15-16-26-24(30)27-19-11-5-2-6-12-19/h1-14,21H,15-17H2,(H,28,29)(H2,26,27,30). The molecule has 0 saturated carbocycles. The number of urea groups is 1. The van der Waals surface area contributed by atoms with Gasteiger partial charge in [-0.3, -0.25) is 4.79 Å². The molecule has 0 aliphatic rings. The normalized spacial score (nSPS) is 11.3. The summed E-state index contributed by atoms with van der Waals surface area (Å²) in [6.07, 6.45) is 0.0885. The molecule has 3 aromatic carbocycles. The van der Waals surface area contributed by atoms with Crippen molar-refractivity contribution in [3.05, 3.63) is 96.3 Å². The van der Waals surface area contributed by atoms with Crippen molar-refractivity contribution in [3.8, 4) is 5.75 Å². The second-order valence-corrected chi connectivity index (χ2v) is 6.77. The molecule has 3 amide bonds. The smallest absolute Gasteiger partial charge is 0.319 e. The van der Waals surface area contributed by atoms with Crippen LogP contribution < -0.4 is 20.7 Å². The number of carbonyl (C=O) groups excluding carboxylic acids is 2. The first-order valence-electron chi connectivity index (χ1n) is 9.93. The number of carbonyl (C=O) groups is 2. The van der Waals surface area contributed by atoms with E-state index in [9.17, 15) is 14.0 Å². The Morgan fingerprint density at radius 3 is 2.23 bits per heavy atom. The molecule has 0 bridgehead atoms. The third kappa shape index (κ3) is 7.15. The van der Waals surface area contributed by atoms with E-state index in [0.717, 1.165) is 5.56 Å². The zero-order valence-electron chi connectivity index (χ0n) is 16.9. The maximum atomic E-state index is 13.8. The first-order valence-corrected chi connectivity index (χ1v) is 9.93. The van der Waals surface area contributed by atoms with Crippen molar-refractivity contribution >= 4 is 17.6 Å². The molecular weight excluding hydrogens is 397 g/mol. The SMILES string of the molecule is O=C(CCNC(=O)Nc1ccccc1)NC(COc1ccccc1F)c1ccccc1. The average molecular weight is 421 g/mol. The van der Waals surface area contributed by atoms with E-state index in [4.69, 9.17) is 4.74 Å². The highest BCUT2D eigenvalue weighted by Crippen LogP contribution is 2.19. The fraction of sp³-hybridized carbons (Fsp3) is 0.167. The molecule has 3 rings (SSSR count). The lowest BCUT2D eigenvalue weighted by atomic mass is 10.1. The van der Waals surface area contributed by atoms with E-state index >= 15 is 0 Å². The Bertz CT molecular complexity index is 984. The van der Waals surface area contributed by atoms with E-state index in [1.807, 2.05) is 48.5 Å². The van der Waals surface area contributed by atoms with E-state index in [1.54, 1.807) is 24.3 Å². The van der Waals surface area contributed by atoms with Gasteiger partial charge in [-0.25, -0.2) is 9.18 Å². The lowest BCUT2D eigenvalue weighted by molar-refractivity contribution is -0.121. The molecule has 6 nitrogen and oxygen atoms in total. The molecule has 0 aromatic heterocycles. The lowest BCUT2D eigenvalue weighted by Gasteiger charge is -2.20. The van der Waals surface area contributed by atoms with Gasteiger partial charge in [0, 0.05) is 18.7 Å². The van der Waals surface area contributed by atoms with Crippen LogP contribution in [0.15, 0.2) is 84.9 Å². The maximum absolute atomic E-state index is 13.8. The molecule has 0 aliphatic heterocycles. The monoisotopic (exact) mass is 421 g/mol. The molecule has 0 fully saturated rings. The molecule has 3 N–H and O–H groups in total. The van der Waals surface area contributed by atoms with Gasteiger partial charge in [-0.1, -0.05) is 60.7 Å². The predicted molar refractivity (Wildman–Crippen MR) is 117 cm³/mol. The lowest BCUT2D eigenvalue weighted by Crippen LogP contribution is -2.36. The van der Waals surface area contributed by atoms with Crippen LogP contribution in [0.3, 0.4) is 0 Å². The van der Waals surface area contributed by atoms with E-state index < -0.39 is 11.9 Å². The number of hydrogen-bond donors (Lipinski definition) is 3. The van der Waals surface area contributed by atoms with Gasteiger partial charge in [0.1, 0.15) is 6.61 Å². The van der Waals surface area contributed by atoms with Crippen molar-refractivity contribution in [2.75, 3.05) is 18.5 Å². The van der Waals surface area contributed by atoms with E-state index in [0.29, 0.717) is 5.69 Å². The molecule has 0 radical (unpaired) electrons. The summed E-state index contributed by atoms with van der Waals surface area (Å²) in [6.45, 7) is 0.235. The minimum atomic E-state index is -0.466. The van der Waals surface area contributed by atoms with Crippen molar-refractivity contribution in [3.63, 3.8) is 0 Å². The molecule has 160 valence electrons. The van der Waals surface area contributed by atoms with Gasteiger partial charge in [-0.2, -0.15) is 0 Å². The van der Waals surface area contributed by atoms with Crippen molar-refractivity contribution in [2.24, 2.45) is 0 Å². The number of benzene rings is 3. The number of hydrogen-bond acceptors (Lipinski definition) is 3. The zero-order valence-corrected chi connectivity index (χ0v) is 16.9. The highest BCUT2D eigenvalue weighted by atomic mass is 19.1. The molecule has 7 heteroatoms. The van der Waals surface area contributed by atoms with Crippen molar-refractivity contribution in [2.45, 2.75) is 12.5 Å². The van der Waals surface area contributed by atoms with Crippen LogP contribution in [-0.2, 0) is 4.79 Å². The number of ether oxygens (including phenoxy) is 1. The Labute approximate surface area is 180 Å². The van der Waals surface area contributed by atoms with Crippen LogP contribution in [0.5, 0.6) is 5.75 Å². The van der Waals surface area contributed by atoms with Crippen LogP contribution in [0.4, 0.5) is 14.9 Å². The topological polar surface area (TPSA) is 79.5 Å². The molecule has 3 aromatic rings. The maximum Gasteiger partial charge on any atom is 0.319 e. The second-order valence-electron chi connectivity index (χ2n) is 6.77. The van der Waals surface area contributed by atoms with E-state index in [2.05, 4.69) is 16.0 Å². The minimum Gasteiger partial charge on any atom is -0.488 e. The Morgan fingerprint density at radius 2 is 1.52 bits per heavy atom. The molecule has 0 saturated heterocycles. The zero-order chi connectivity index (χ0) is 21.9. The number of nitrogens with one attached hydrogen (secondary N) is 3. The predicted octanol–water partition coefficient (Wildman–Crippen LogP) is 4.27. The van der Waals surface area contributed by atoms with Crippen molar-refractivity contribution in [1.29, 1.82) is 0 Å². The Morgan fingerprint density at radius 1 is 0.871 bits per heavy atom. The fourth-order valence-corrected chi connectivity index (χ4v) is 2.89. The molecule has 31 heavy (non-hydrogen) atoms. The summed E-state index contributed by atoms with van der Waals surface area (Å²) in [4.78, 5) is 24.4. The van der Waals surface area contributed by atoms with Gasteiger partial charge in [-0.05, 0) is 29.8 Å². The fourth-order valence-electron chi connectivity index (χ4n) is 2.89. The Kier molecular flexibility index (Phi) is 7.99. The molecule has 0 spiro atoms. The van der Waals surface area contributed by atoms with Crippen LogP contribution in [0.1, 0.15) is 18.0 Å².